The third kappa shape index (κ3) is 1.99. The fourth-order valence-corrected chi connectivity index (χ4v) is 2.17. The second-order valence-electron chi connectivity index (χ2n) is 4.54. The Morgan fingerprint density at radius 2 is 1.81 bits per heavy atom. The number of aliphatic hydroxyl groups is 1. The van der Waals surface area contributed by atoms with Gasteiger partial charge in [0.2, 0.25) is 0 Å². The summed E-state index contributed by atoms with van der Waals surface area (Å²) in [7, 11) is 2.01. The van der Waals surface area contributed by atoms with Gasteiger partial charge < -0.3 is 20.2 Å². The number of piperidine rings is 1. The van der Waals surface area contributed by atoms with Crippen LogP contribution >= 0.6 is 0 Å². The molecule has 1 aromatic rings. The fraction of sp³-hybridized carbons (Fsp3) is 0.500. The van der Waals surface area contributed by atoms with Crippen molar-refractivity contribution in [1.82, 2.24) is 4.90 Å². The summed E-state index contributed by atoms with van der Waals surface area (Å²) >= 11 is 0. The minimum atomic E-state index is -0.968. The lowest BCUT2D eigenvalue weighted by molar-refractivity contribution is -0.0219. The largest absolute Gasteiger partial charge is 0.508 e. The molecule has 0 amide bonds. The number of phenols is 2. The topological polar surface area (TPSA) is 63.9 Å². The summed E-state index contributed by atoms with van der Waals surface area (Å²) in [6.45, 7) is 1.60. The maximum atomic E-state index is 10.5. The van der Waals surface area contributed by atoms with Crippen LogP contribution in [0.5, 0.6) is 11.5 Å². The number of benzene rings is 1. The van der Waals surface area contributed by atoms with Gasteiger partial charge in [0.15, 0.2) is 0 Å². The zero-order valence-corrected chi connectivity index (χ0v) is 9.35. The van der Waals surface area contributed by atoms with Crippen molar-refractivity contribution in [3.8, 4) is 11.5 Å². The van der Waals surface area contributed by atoms with Crippen LogP contribution in [0, 0.1) is 0 Å². The van der Waals surface area contributed by atoms with E-state index in [1.165, 1.54) is 12.1 Å². The van der Waals surface area contributed by atoms with Crippen LogP contribution in [0.2, 0.25) is 0 Å². The molecule has 4 nitrogen and oxygen atoms in total. The van der Waals surface area contributed by atoms with Crippen LogP contribution in [0.1, 0.15) is 18.4 Å². The molecule has 0 radical (unpaired) electrons. The zero-order chi connectivity index (χ0) is 11.8. The van der Waals surface area contributed by atoms with E-state index in [0.29, 0.717) is 18.4 Å². The van der Waals surface area contributed by atoms with Gasteiger partial charge in [0.25, 0.3) is 0 Å². The summed E-state index contributed by atoms with van der Waals surface area (Å²) in [4.78, 5) is 2.14. The molecule has 88 valence electrons. The molecule has 0 aromatic heterocycles. The number of phenolic OH excluding ortho intramolecular Hbond substituents is 2. The van der Waals surface area contributed by atoms with Crippen LogP contribution in [0.15, 0.2) is 18.2 Å². The van der Waals surface area contributed by atoms with Crippen molar-refractivity contribution in [3.63, 3.8) is 0 Å². The highest BCUT2D eigenvalue weighted by Gasteiger charge is 2.35. The van der Waals surface area contributed by atoms with E-state index in [1.54, 1.807) is 6.07 Å². The predicted octanol–water partition coefficient (Wildman–Crippen LogP) is 1.01. The number of rotatable bonds is 1. The van der Waals surface area contributed by atoms with Gasteiger partial charge in [-0.15, -0.1) is 0 Å². The van der Waals surface area contributed by atoms with Crippen molar-refractivity contribution >= 4 is 0 Å². The molecule has 0 unspecified atom stereocenters. The molecule has 0 saturated carbocycles. The highest BCUT2D eigenvalue weighted by atomic mass is 16.3. The van der Waals surface area contributed by atoms with Gasteiger partial charge >= 0.3 is 0 Å². The predicted molar refractivity (Wildman–Crippen MR) is 60.4 cm³/mol. The Labute approximate surface area is 94.8 Å². The van der Waals surface area contributed by atoms with Crippen LogP contribution in [0.4, 0.5) is 0 Å². The summed E-state index contributed by atoms with van der Waals surface area (Å²) in [5.74, 6) is -0.0233. The first kappa shape index (κ1) is 11.2. The number of hydrogen-bond donors (Lipinski definition) is 3. The quantitative estimate of drug-likeness (QED) is 0.665. The molecule has 1 heterocycles. The van der Waals surface area contributed by atoms with Crippen LogP contribution in [0.25, 0.3) is 0 Å². The molecule has 1 aliphatic rings. The molecule has 0 bridgehead atoms. The Morgan fingerprint density at radius 1 is 1.19 bits per heavy atom. The normalized spacial score (nSPS) is 20.9. The lowest BCUT2D eigenvalue weighted by atomic mass is 9.84. The number of hydrogen-bond acceptors (Lipinski definition) is 4. The minimum absolute atomic E-state index is 0.0118. The molecule has 1 fully saturated rings. The van der Waals surface area contributed by atoms with Crippen LogP contribution in [-0.2, 0) is 5.60 Å². The minimum Gasteiger partial charge on any atom is -0.508 e. The Bertz CT molecular complexity index is 384. The van der Waals surface area contributed by atoms with E-state index in [2.05, 4.69) is 4.90 Å². The second-order valence-corrected chi connectivity index (χ2v) is 4.54. The van der Waals surface area contributed by atoms with Gasteiger partial charge in [-0.3, -0.25) is 0 Å². The Hall–Kier alpha value is -1.26. The summed E-state index contributed by atoms with van der Waals surface area (Å²) in [6.07, 6.45) is 1.20. The molecule has 0 spiro atoms. The first-order valence-electron chi connectivity index (χ1n) is 5.45. The van der Waals surface area contributed by atoms with Crippen molar-refractivity contribution in [2.24, 2.45) is 0 Å². The molecular formula is C12H17NO3. The fourth-order valence-electron chi connectivity index (χ4n) is 2.17. The van der Waals surface area contributed by atoms with Gasteiger partial charge in [-0.2, -0.15) is 0 Å². The van der Waals surface area contributed by atoms with Crippen LogP contribution in [-0.4, -0.2) is 40.4 Å². The average Bonchev–Trinajstić information content (AvgIpc) is 2.22. The van der Waals surface area contributed by atoms with Gasteiger partial charge in [-0.05, 0) is 32.0 Å². The number of nitrogens with zero attached hydrogens (tertiary/aromatic N) is 1. The van der Waals surface area contributed by atoms with Gasteiger partial charge in [0.1, 0.15) is 11.5 Å². The van der Waals surface area contributed by atoms with E-state index in [1.807, 2.05) is 7.05 Å². The average molecular weight is 223 g/mol. The molecular weight excluding hydrogens is 206 g/mol. The van der Waals surface area contributed by atoms with Gasteiger partial charge in [-0.1, -0.05) is 0 Å². The SMILES string of the molecule is CN1CCC(O)(c2ccc(O)cc2O)CC1. The Kier molecular flexibility index (Phi) is 2.78. The highest BCUT2D eigenvalue weighted by Crippen LogP contribution is 2.38. The third-order valence-corrected chi connectivity index (χ3v) is 3.30. The van der Waals surface area contributed by atoms with Crippen LogP contribution in [0.3, 0.4) is 0 Å². The summed E-state index contributed by atoms with van der Waals surface area (Å²) in [6, 6.07) is 4.35. The van der Waals surface area contributed by atoms with Crippen molar-refractivity contribution in [2.45, 2.75) is 18.4 Å². The summed E-state index contributed by atoms with van der Waals surface area (Å²) < 4.78 is 0. The summed E-state index contributed by atoms with van der Waals surface area (Å²) in [5.41, 5.74) is -0.456. The van der Waals surface area contributed by atoms with Gasteiger partial charge in [-0.25, -0.2) is 0 Å². The maximum Gasteiger partial charge on any atom is 0.125 e. The second kappa shape index (κ2) is 3.96. The molecule has 16 heavy (non-hydrogen) atoms. The van der Waals surface area contributed by atoms with Crippen molar-refractivity contribution < 1.29 is 15.3 Å². The molecule has 2 rings (SSSR count). The van der Waals surface area contributed by atoms with E-state index in [9.17, 15) is 15.3 Å². The molecule has 1 aliphatic heterocycles. The Morgan fingerprint density at radius 3 is 2.38 bits per heavy atom. The van der Waals surface area contributed by atoms with Gasteiger partial charge in [0.05, 0.1) is 5.60 Å². The molecule has 1 aromatic carbocycles. The number of likely N-dealkylation sites (tertiary alicyclic amines) is 1. The summed E-state index contributed by atoms with van der Waals surface area (Å²) in [5, 5.41) is 29.4. The zero-order valence-electron chi connectivity index (χ0n) is 9.35. The van der Waals surface area contributed by atoms with E-state index < -0.39 is 5.60 Å². The molecule has 3 N–H and O–H groups in total. The van der Waals surface area contributed by atoms with Crippen molar-refractivity contribution in [2.75, 3.05) is 20.1 Å². The van der Waals surface area contributed by atoms with E-state index in [4.69, 9.17) is 0 Å². The first-order chi connectivity index (χ1) is 7.51. The monoisotopic (exact) mass is 223 g/mol. The Balaban J connectivity index is 2.29. The molecule has 0 aliphatic carbocycles. The molecule has 4 heteroatoms. The van der Waals surface area contributed by atoms with Gasteiger partial charge in [0, 0.05) is 24.7 Å². The lowest BCUT2D eigenvalue weighted by Gasteiger charge is -2.37. The molecule has 1 saturated heterocycles. The standard InChI is InChI=1S/C12H17NO3/c1-13-6-4-12(16,5-7-13)10-3-2-9(14)8-11(10)15/h2-3,8,14-16H,4-7H2,1H3. The first-order valence-corrected chi connectivity index (χ1v) is 5.45. The van der Waals surface area contributed by atoms with E-state index >= 15 is 0 Å². The lowest BCUT2D eigenvalue weighted by Crippen LogP contribution is -2.40. The van der Waals surface area contributed by atoms with Crippen LogP contribution < -0.4 is 0 Å². The molecule has 0 atom stereocenters. The van der Waals surface area contributed by atoms with E-state index in [-0.39, 0.29) is 11.5 Å². The third-order valence-electron chi connectivity index (χ3n) is 3.30. The van der Waals surface area contributed by atoms with Crippen molar-refractivity contribution in [3.05, 3.63) is 23.8 Å². The number of aromatic hydroxyl groups is 2. The van der Waals surface area contributed by atoms with E-state index in [0.717, 1.165) is 13.1 Å². The maximum absolute atomic E-state index is 10.5. The smallest absolute Gasteiger partial charge is 0.125 e. The highest BCUT2D eigenvalue weighted by molar-refractivity contribution is 5.42. The van der Waals surface area contributed by atoms with Crippen molar-refractivity contribution in [1.29, 1.82) is 0 Å².